The number of aromatic amines is 1. The number of rotatable bonds is 4. The smallest absolute Gasteiger partial charge is 0.249 e. The van der Waals surface area contributed by atoms with Gasteiger partial charge in [0.25, 0.3) is 0 Å². The van der Waals surface area contributed by atoms with Crippen LogP contribution in [0.1, 0.15) is 16.7 Å². The molecule has 0 aliphatic heterocycles. The van der Waals surface area contributed by atoms with Crippen LogP contribution in [0.15, 0.2) is 54.9 Å². The molecule has 1 N–H and O–H groups in total. The highest BCUT2D eigenvalue weighted by molar-refractivity contribution is 5.59. The molecule has 4 heteroatoms. The van der Waals surface area contributed by atoms with Gasteiger partial charge in [0.15, 0.2) is 0 Å². The molecule has 0 saturated heterocycles. The Morgan fingerprint density at radius 3 is 2.33 bits per heavy atom. The predicted octanol–water partition coefficient (Wildman–Crippen LogP) is 3.76. The van der Waals surface area contributed by atoms with E-state index in [1.807, 2.05) is 18.2 Å². The first-order chi connectivity index (χ1) is 10.2. The number of H-pyrrole nitrogens is 1. The van der Waals surface area contributed by atoms with Crippen molar-refractivity contribution in [3.63, 3.8) is 0 Å². The molecule has 0 amide bonds. The van der Waals surface area contributed by atoms with Gasteiger partial charge in [-0.25, -0.2) is 4.98 Å². The van der Waals surface area contributed by atoms with E-state index in [4.69, 9.17) is 0 Å². The molecule has 3 rings (SSSR count). The third-order valence-corrected chi connectivity index (χ3v) is 3.35. The molecular formula is C17H18N4. The van der Waals surface area contributed by atoms with Gasteiger partial charge in [-0.1, -0.05) is 36.4 Å². The molecule has 3 aromatic rings. The fourth-order valence-corrected chi connectivity index (χ4v) is 2.48. The van der Waals surface area contributed by atoms with Crippen LogP contribution in [0.3, 0.4) is 0 Å². The van der Waals surface area contributed by atoms with Crippen LogP contribution in [-0.2, 0) is 6.54 Å². The number of nitrogens with one attached hydrogen (secondary N) is 1. The molecule has 2 aromatic carbocycles. The Hall–Kier alpha value is -2.62. The second-order valence-electron chi connectivity index (χ2n) is 5.22. The summed E-state index contributed by atoms with van der Waals surface area (Å²) in [7, 11) is 0. The highest BCUT2D eigenvalue weighted by Crippen LogP contribution is 2.26. The van der Waals surface area contributed by atoms with Gasteiger partial charge >= 0.3 is 0 Å². The van der Waals surface area contributed by atoms with E-state index in [1.165, 1.54) is 16.7 Å². The van der Waals surface area contributed by atoms with Crippen LogP contribution in [0, 0.1) is 13.8 Å². The van der Waals surface area contributed by atoms with E-state index in [0.29, 0.717) is 5.95 Å². The molecule has 0 atom stereocenters. The largest absolute Gasteiger partial charge is 0.305 e. The molecule has 4 nitrogen and oxygen atoms in total. The van der Waals surface area contributed by atoms with E-state index in [2.05, 4.69) is 64.3 Å². The van der Waals surface area contributed by atoms with Crippen LogP contribution in [0.4, 0.5) is 11.6 Å². The molecular weight excluding hydrogens is 260 g/mol. The van der Waals surface area contributed by atoms with Crippen molar-refractivity contribution in [1.82, 2.24) is 15.2 Å². The van der Waals surface area contributed by atoms with E-state index in [1.54, 1.807) is 6.33 Å². The fraction of sp³-hybridized carbons (Fsp3) is 0.176. The summed E-state index contributed by atoms with van der Waals surface area (Å²) in [6.45, 7) is 4.95. The summed E-state index contributed by atoms with van der Waals surface area (Å²) in [5.74, 6) is 0.684. The van der Waals surface area contributed by atoms with Gasteiger partial charge in [0, 0.05) is 5.69 Å². The van der Waals surface area contributed by atoms with Crippen molar-refractivity contribution < 1.29 is 0 Å². The molecule has 0 fully saturated rings. The molecule has 21 heavy (non-hydrogen) atoms. The molecule has 0 bridgehead atoms. The van der Waals surface area contributed by atoms with E-state index in [-0.39, 0.29) is 0 Å². The monoisotopic (exact) mass is 278 g/mol. The van der Waals surface area contributed by atoms with Crippen molar-refractivity contribution in [2.45, 2.75) is 20.4 Å². The van der Waals surface area contributed by atoms with Crippen LogP contribution in [0.2, 0.25) is 0 Å². The van der Waals surface area contributed by atoms with Crippen molar-refractivity contribution >= 4 is 11.6 Å². The molecule has 106 valence electrons. The van der Waals surface area contributed by atoms with Gasteiger partial charge in [0.2, 0.25) is 5.95 Å². The predicted molar refractivity (Wildman–Crippen MR) is 84.6 cm³/mol. The van der Waals surface area contributed by atoms with Crippen LogP contribution in [0.5, 0.6) is 0 Å². The molecule has 1 aromatic heterocycles. The van der Waals surface area contributed by atoms with Crippen LogP contribution >= 0.6 is 0 Å². The number of benzene rings is 2. The fourth-order valence-electron chi connectivity index (χ4n) is 2.48. The van der Waals surface area contributed by atoms with Gasteiger partial charge in [-0.2, -0.15) is 0 Å². The Morgan fingerprint density at radius 1 is 1.00 bits per heavy atom. The van der Waals surface area contributed by atoms with Gasteiger partial charge in [-0.05, 0) is 42.7 Å². The molecule has 0 unspecified atom stereocenters. The summed E-state index contributed by atoms with van der Waals surface area (Å²) >= 11 is 0. The van der Waals surface area contributed by atoms with Crippen LogP contribution in [0.25, 0.3) is 0 Å². The molecule has 0 spiro atoms. The Kier molecular flexibility index (Phi) is 3.69. The number of aryl methyl sites for hydroxylation is 2. The standard InChI is InChI=1S/C17H18N4/c1-13-8-14(2)10-16(9-13)21(17-18-12-19-20-17)11-15-6-4-3-5-7-15/h3-10,12H,11H2,1-2H3,(H,18,19,20). The molecule has 0 aliphatic carbocycles. The minimum absolute atomic E-state index is 0.684. The van der Waals surface area contributed by atoms with Crippen molar-refractivity contribution in [3.05, 3.63) is 71.5 Å². The third-order valence-electron chi connectivity index (χ3n) is 3.35. The zero-order valence-electron chi connectivity index (χ0n) is 12.2. The quantitative estimate of drug-likeness (QED) is 0.790. The van der Waals surface area contributed by atoms with Gasteiger partial charge in [0.1, 0.15) is 6.33 Å². The maximum absolute atomic E-state index is 4.31. The summed E-state index contributed by atoms with van der Waals surface area (Å²) < 4.78 is 0. The Labute approximate surface area is 124 Å². The minimum Gasteiger partial charge on any atom is -0.305 e. The van der Waals surface area contributed by atoms with Crippen LogP contribution < -0.4 is 4.90 Å². The topological polar surface area (TPSA) is 44.8 Å². The first-order valence-electron chi connectivity index (χ1n) is 6.98. The van der Waals surface area contributed by atoms with Gasteiger partial charge in [0.05, 0.1) is 6.54 Å². The number of hydrogen-bond donors (Lipinski definition) is 1. The van der Waals surface area contributed by atoms with Crippen LogP contribution in [-0.4, -0.2) is 15.2 Å². The zero-order valence-corrected chi connectivity index (χ0v) is 12.2. The first kappa shape index (κ1) is 13.4. The van der Waals surface area contributed by atoms with E-state index < -0.39 is 0 Å². The van der Waals surface area contributed by atoms with Crippen molar-refractivity contribution in [1.29, 1.82) is 0 Å². The van der Waals surface area contributed by atoms with E-state index in [9.17, 15) is 0 Å². The number of aromatic nitrogens is 3. The van der Waals surface area contributed by atoms with Crippen molar-refractivity contribution in [2.24, 2.45) is 0 Å². The second-order valence-corrected chi connectivity index (χ2v) is 5.22. The first-order valence-corrected chi connectivity index (χ1v) is 6.98. The molecule has 0 saturated carbocycles. The average molecular weight is 278 g/mol. The van der Waals surface area contributed by atoms with E-state index in [0.717, 1.165) is 12.2 Å². The van der Waals surface area contributed by atoms with Gasteiger partial charge < -0.3 is 4.90 Å². The molecule has 1 heterocycles. The number of hydrogen-bond acceptors (Lipinski definition) is 3. The van der Waals surface area contributed by atoms with Crippen molar-refractivity contribution in [2.75, 3.05) is 4.90 Å². The SMILES string of the molecule is Cc1cc(C)cc(N(Cc2ccccc2)c2nc[nH]n2)c1. The highest BCUT2D eigenvalue weighted by Gasteiger charge is 2.14. The average Bonchev–Trinajstić information content (AvgIpc) is 2.98. The lowest BCUT2D eigenvalue weighted by Gasteiger charge is -2.22. The van der Waals surface area contributed by atoms with E-state index >= 15 is 0 Å². The highest BCUT2D eigenvalue weighted by atomic mass is 15.3. The maximum Gasteiger partial charge on any atom is 0.249 e. The summed E-state index contributed by atoms with van der Waals surface area (Å²) in [5, 5.41) is 7.03. The van der Waals surface area contributed by atoms with Crippen molar-refractivity contribution in [3.8, 4) is 0 Å². The summed E-state index contributed by atoms with van der Waals surface area (Å²) in [5.41, 5.74) is 4.80. The lowest BCUT2D eigenvalue weighted by Crippen LogP contribution is -2.18. The minimum atomic E-state index is 0.684. The second kappa shape index (κ2) is 5.79. The molecule has 0 aliphatic rings. The van der Waals surface area contributed by atoms with Gasteiger partial charge in [-0.3, -0.25) is 5.10 Å². The number of anilines is 2. The lowest BCUT2D eigenvalue weighted by molar-refractivity contribution is 0.913. The summed E-state index contributed by atoms with van der Waals surface area (Å²) in [6.07, 6.45) is 1.61. The third kappa shape index (κ3) is 3.11. The molecule has 0 radical (unpaired) electrons. The van der Waals surface area contributed by atoms with Gasteiger partial charge in [-0.15, -0.1) is 5.10 Å². The Bertz CT molecular complexity index is 685. The number of nitrogens with zero attached hydrogens (tertiary/aromatic N) is 3. The maximum atomic E-state index is 4.31. The normalized spacial score (nSPS) is 10.6. The Morgan fingerprint density at radius 2 is 1.71 bits per heavy atom. The Balaban J connectivity index is 2.00. The summed E-state index contributed by atoms with van der Waals surface area (Å²) in [4.78, 5) is 6.42. The lowest BCUT2D eigenvalue weighted by atomic mass is 10.1. The summed E-state index contributed by atoms with van der Waals surface area (Å²) in [6, 6.07) is 16.8. The zero-order chi connectivity index (χ0) is 14.7.